The maximum Gasteiger partial charge on any atom is 0.332 e. The van der Waals surface area contributed by atoms with Crippen molar-refractivity contribution in [3.63, 3.8) is 0 Å². The molecule has 5 heteroatoms. The van der Waals surface area contributed by atoms with E-state index in [-0.39, 0.29) is 12.7 Å². The molecule has 0 bridgehead atoms. The van der Waals surface area contributed by atoms with E-state index >= 15 is 0 Å². The number of epoxide rings is 1. The van der Waals surface area contributed by atoms with E-state index in [4.69, 9.17) is 15.3 Å². The Morgan fingerprint density at radius 1 is 1.82 bits per heavy atom. The van der Waals surface area contributed by atoms with E-state index in [2.05, 4.69) is 4.74 Å². The maximum atomic E-state index is 9.45. The smallest absolute Gasteiger partial charge is 0.332 e. The molecule has 0 aliphatic carbocycles. The van der Waals surface area contributed by atoms with Crippen molar-refractivity contribution in [2.45, 2.75) is 19.1 Å². The van der Waals surface area contributed by atoms with E-state index < -0.39 is 12.1 Å². The molecule has 0 spiro atoms. The first-order valence-corrected chi connectivity index (χ1v) is 3.21. The fourth-order valence-electron chi connectivity index (χ4n) is 0.173. The molecule has 2 atom stereocenters. The highest BCUT2D eigenvalue weighted by molar-refractivity contribution is 5.71. The molecule has 1 fully saturated rings. The number of aliphatic hydroxyl groups is 2. The van der Waals surface area contributed by atoms with Gasteiger partial charge in [-0.05, 0) is 6.92 Å². The van der Waals surface area contributed by atoms with Crippen molar-refractivity contribution in [1.82, 2.24) is 0 Å². The molecule has 11 heavy (non-hydrogen) atoms. The predicted octanol–water partition coefficient (Wildman–Crippen LogP) is -1.17. The molecule has 0 saturated carbocycles. The van der Waals surface area contributed by atoms with E-state index in [1.165, 1.54) is 6.92 Å². The SMILES string of the molecule is CC(O)C(=O)O.OCC1CO1. The van der Waals surface area contributed by atoms with Crippen LogP contribution in [-0.2, 0) is 9.53 Å². The van der Waals surface area contributed by atoms with E-state index in [0.29, 0.717) is 0 Å². The van der Waals surface area contributed by atoms with Crippen molar-refractivity contribution in [1.29, 1.82) is 0 Å². The van der Waals surface area contributed by atoms with Crippen molar-refractivity contribution < 1.29 is 24.9 Å². The third-order valence-corrected chi connectivity index (χ3v) is 0.963. The number of carboxylic acid groups (broad SMARTS) is 1. The van der Waals surface area contributed by atoms with E-state index in [0.717, 1.165) is 6.61 Å². The summed E-state index contributed by atoms with van der Waals surface area (Å²) in [7, 11) is 0. The molecule has 1 aliphatic heterocycles. The summed E-state index contributed by atoms with van der Waals surface area (Å²) in [6.07, 6.45) is -1.04. The summed E-state index contributed by atoms with van der Waals surface area (Å²) in [5, 5.41) is 23.9. The summed E-state index contributed by atoms with van der Waals surface area (Å²) in [5.74, 6) is -1.19. The van der Waals surface area contributed by atoms with Gasteiger partial charge in [0, 0.05) is 0 Å². The van der Waals surface area contributed by atoms with Gasteiger partial charge in [-0.2, -0.15) is 0 Å². The number of hydrogen-bond donors (Lipinski definition) is 3. The molecule has 3 N–H and O–H groups in total. The Labute approximate surface area is 64.2 Å². The molecule has 2 unspecified atom stereocenters. The Morgan fingerprint density at radius 2 is 2.18 bits per heavy atom. The largest absolute Gasteiger partial charge is 0.479 e. The van der Waals surface area contributed by atoms with Gasteiger partial charge in [0.05, 0.1) is 13.2 Å². The van der Waals surface area contributed by atoms with E-state index in [1.54, 1.807) is 0 Å². The fraction of sp³-hybridized carbons (Fsp3) is 0.833. The minimum atomic E-state index is -1.23. The zero-order chi connectivity index (χ0) is 8.85. The molecule has 1 saturated heterocycles. The van der Waals surface area contributed by atoms with Crippen LogP contribution < -0.4 is 0 Å². The first kappa shape index (κ1) is 10.3. The first-order chi connectivity index (χ1) is 5.07. The number of carbonyl (C=O) groups is 1. The van der Waals surface area contributed by atoms with Crippen LogP contribution in [0.25, 0.3) is 0 Å². The quantitative estimate of drug-likeness (QED) is 0.447. The van der Waals surface area contributed by atoms with Gasteiger partial charge in [0.1, 0.15) is 12.2 Å². The van der Waals surface area contributed by atoms with Crippen molar-refractivity contribution in [3.05, 3.63) is 0 Å². The number of ether oxygens (including phenoxy) is 1. The third-order valence-electron chi connectivity index (χ3n) is 0.963. The second-order valence-electron chi connectivity index (χ2n) is 2.15. The van der Waals surface area contributed by atoms with Gasteiger partial charge in [0.15, 0.2) is 0 Å². The number of carboxylic acids is 1. The minimum absolute atomic E-state index is 0.190. The molecule has 0 aromatic rings. The Morgan fingerprint density at radius 3 is 2.18 bits per heavy atom. The van der Waals surface area contributed by atoms with E-state index in [1.807, 2.05) is 0 Å². The summed E-state index contributed by atoms with van der Waals surface area (Å²) in [5.41, 5.74) is 0. The molecule has 0 radical (unpaired) electrons. The van der Waals surface area contributed by atoms with Crippen LogP contribution in [0.1, 0.15) is 6.92 Å². The summed E-state index contributed by atoms with van der Waals surface area (Å²) >= 11 is 0. The number of aliphatic hydroxyl groups excluding tert-OH is 2. The van der Waals surface area contributed by atoms with Gasteiger partial charge in [-0.3, -0.25) is 0 Å². The normalized spacial score (nSPS) is 23.0. The van der Waals surface area contributed by atoms with Crippen LogP contribution in [0.3, 0.4) is 0 Å². The standard InChI is InChI=1S/C3H6O3.C3H6O2/c1-2(4)3(5)6;4-1-3-2-5-3/h2,4H,1H3,(H,5,6);3-4H,1-2H2. The lowest BCUT2D eigenvalue weighted by Crippen LogP contribution is -2.13. The van der Waals surface area contributed by atoms with Crippen LogP contribution >= 0.6 is 0 Å². The summed E-state index contributed by atoms with van der Waals surface area (Å²) in [6, 6.07) is 0. The predicted molar refractivity (Wildman–Crippen MR) is 36.1 cm³/mol. The highest BCUT2D eigenvalue weighted by Gasteiger charge is 2.19. The van der Waals surface area contributed by atoms with Gasteiger partial charge in [-0.25, -0.2) is 4.79 Å². The Balaban J connectivity index is 0.000000183. The summed E-state index contributed by atoms with van der Waals surface area (Å²) in [6.45, 7) is 2.15. The van der Waals surface area contributed by atoms with Crippen LogP contribution in [-0.4, -0.2) is 46.7 Å². The summed E-state index contributed by atoms with van der Waals surface area (Å²) < 4.78 is 4.61. The second kappa shape index (κ2) is 5.06. The monoisotopic (exact) mass is 164 g/mol. The average Bonchev–Trinajstić information content (AvgIpc) is 2.70. The maximum absolute atomic E-state index is 9.45. The molecule has 5 nitrogen and oxygen atoms in total. The van der Waals surface area contributed by atoms with Gasteiger partial charge in [-0.15, -0.1) is 0 Å². The Hall–Kier alpha value is -0.650. The molecule has 0 aromatic carbocycles. The van der Waals surface area contributed by atoms with Crippen LogP contribution in [0.15, 0.2) is 0 Å². The zero-order valence-corrected chi connectivity index (χ0v) is 6.23. The molecule has 1 rings (SSSR count). The number of aliphatic carboxylic acids is 1. The lowest BCUT2D eigenvalue weighted by atomic mass is 10.4. The second-order valence-corrected chi connectivity index (χ2v) is 2.15. The highest BCUT2D eigenvalue weighted by atomic mass is 16.6. The number of rotatable bonds is 2. The van der Waals surface area contributed by atoms with Crippen LogP contribution in [0.2, 0.25) is 0 Å². The molecular weight excluding hydrogens is 152 g/mol. The van der Waals surface area contributed by atoms with Crippen LogP contribution in [0.4, 0.5) is 0 Å². The molecule has 1 aliphatic rings. The molecular formula is C6H12O5. The zero-order valence-electron chi connectivity index (χ0n) is 6.23. The lowest BCUT2D eigenvalue weighted by Gasteiger charge is -1.89. The van der Waals surface area contributed by atoms with Gasteiger partial charge >= 0.3 is 5.97 Å². The van der Waals surface area contributed by atoms with E-state index in [9.17, 15) is 4.79 Å². The lowest BCUT2D eigenvalue weighted by molar-refractivity contribution is -0.145. The van der Waals surface area contributed by atoms with Crippen LogP contribution in [0.5, 0.6) is 0 Å². The molecule has 0 amide bonds. The van der Waals surface area contributed by atoms with Gasteiger partial charge < -0.3 is 20.1 Å². The Kier molecular flexibility index (Phi) is 4.76. The van der Waals surface area contributed by atoms with Crippen molar-refractivity contribution >= 4 is 5.97 Å². The van der Waals surface area contributed by atoms with Crippen molar-refractivity contribution in [2.24, 2.45) is 0 Å². The summed E-state index contributed by atoms with van der Waals surface area (Å²) in [4.78, 5) is 9.45. The van der Waals surface area contributed by atoms with Crippen LogP contribution in [0, 0.1) is 0 Å². The van der Waals surface area contributed by atoms with Crippen molar-refractivity contribution in [2.75, 3.05) is 13.2 Å². The first-order valence-electron chi connectivity index (χ1n) is 3.21. The van der Waals surface area contributed by atoms with Gasteiger partial charge in [-0.1, -0.05) is 0 Å². The third kappa shape index (κ3) is 7.24. The van der Waals surface area contributed by atoms with Gasteiger partial charge in [0.2, 0.25) is 0 Å². The Bertz CT molecular complexity index is 118. The minimum Gasteiger partial charge on any atom is -0.479 e. The highest BCUT2D eigenvalue weighted by Crippen LogP contribution is 2.04. The molecule has 1 heterocycles. The molecule has 66 valence electrons. The molecule has 0 aromatic heterocycles. The van der Waals surface area contributed by atoms with Gasteiger partial charge in [0.25, 0.3) is 0 Å². The fourth-order valence-corrected chi connectivity index (χ4v) is 0.173. The average molecular weight is 164 g/mol. The number of hydrogen-bond acceptors (Lipinski definition) is 4. The van der Waals surface area contributed by atoms with Crippen molar-refractivity contribution in [3.8, 4) is 0 Å². The topological polar surface area (TPSA) is 90.3 Å².